The fourth-order valence-electron chi connectivity index (χ4n) is 1.21. The smallest absolute Gasteiger partial charge is 0.250 e. The summed E-state index contributed by atoms with van der Waals surface area (Å²) in [6.45, 7) is 5.14. The summed E-state index contributed by atoms with van der Waals surface area (Å²) in [5, 5.41) is 2.64. The molecule has 1 aromatic rings. The molecule has 0 aromatic heterocycles. The van der Waals surface area contributed by atoms with E-state index in [0.29, 0.717) is 16.8 Å². The van der Waals surface area contributed by atoms with Crippen molar-refractivity contribution in [2.75, 3.05) is 12.4 Å². The number of benzene rings is 1. The van der Waals surface area contributed by atoms with Crippen LogP contribution in [-0.2, 0) is 20.6 Å². The Kier molecular flexibility index (Phi) is 4.63. The third kappa shape index (κ3) is 4.31. The van der Waals surface area contributed by atoms with Crippen molar-refractivity contribution in [3.63, 3.8) is 0 Å². The molecule has 0 aliphatic rings. The predicted octanol–water partition coefficient (Wildman–Crippen LogP) is 1.25. The summed E-state index contributed by atoms with van der Waals surface area (Å²) in [5.74, 6) is -0.344. The monoisotopic (exact) mass is 268 g/mol. The lowest BCUT2D eigenvalue weighted by Crippen LogP contribution is -2.20. The van der Waals surface area contributed by atoms with Gasteiger partial charge in [-0.3, -0.25) is 4.79 Å². The second kappa shape index (κ2) is 5.79. The van der Waals surface area contributed by atoms with Gasteiger partial charge in [0.15, 0.2) is 0 Å². The summed E-state index contributed by atoms with van der Waals surface area (Å²) in [6, 6.07) is 6.62. The Morgan fingerprint density at radius 1 is 1.28 bits per heavy atom. The first-order chi connectivity index (χ1) is 8.34. The molecule has 98 valence electrons. The van der Waals surface area contributed by atoms with Gasteiger partial charge < -0.3 is 5.32 Å². The molecular weight excluding hydrogens is 252 g/mol. The number of hydrogen-bond acceptors (Lipinski definition) is 3. The number of rotatable bonds is 5. The van der Waals surface area contributed by atoms with Gasteiger partial charge in [0.1, 0.15) is 0 Å². The predicted molar refractivity (Wildman–Crippen MR) is 71.6 cm³/mol. The van der Waals surface area contributed by atoms with Crippen LogP contribution in [0.5, 0.6) is 0 Å². The fraction of sp³-hybridized carbons (Fsp3) is 0.250. The zero-order valence-electron chi connectivity index (χ0n) is 10.4. The molecule has 2 N–H and O–H groups in total. The average Bonchev–Trinajstić information content (AvgIpc) is 2.31. The maximum atomic E-state index is 11.4. The third-order valence-corrected chi connectivity index (χ3v) is 3.60. The van der Waals surface area contributed by atoms with Crippen molar-refractivity contribution in [1.29, 1.82) is 0 Å². The molecule has 0 radical (unpaired) electrons. The third-order valence-electron chi connectivity index (χ3n) is 2.27. The first-order valence-corrected chi connectivity index (χ1v) is 6.96. The Bertz CT molecular complexity index is 547. The zero-order chi connectivity index (χ0) is 13.8. The first-order valence-electron chi connectivity index (χ1n) is 5.31. The molecule has 0 saturated carbocycles. The highest BCUT2D eigenvalue weighted by molar-refractivity contribution is 7.88. The number of carbonyl (C=O) groups excluding carboxylic acids is 1. The number of anilines is 1. The molecule has 0 bridgehead atoms. The van der Waals surface area contributed by atoms with Crippen LogP contribution < -0.4 is 10.0 Å². The van der Waals surface area contributed by atoms with E-state index in [1.807, 2.05) is 0 Å². The van der Waals surface area contributed by atoms with Crippen molar-refractivity contribution >= 4 is 21.6 Å². The number of nitrogens with one attached hydrogen (secondary N) is 2. The molecule has 0 fully saturated rings. The standard InChI is InChI=1S/C12H16N2O3S/c1-9(2)12(15)14-11-6-4-10(5-7-11)8-18(16,17)13-3/h4-7,13H,1,8H2,2-3H3,(H,14,15). The normalized spacial score (nSPS) is 11.0. The molecule has 5 nitrogen and oxygen atoms in total. The lowest BCUT2D eigenvalue weighted by atomic mass is 10.2. The molecular formula is C12H16N2O3S. The van der Waals surface area contributed by atoms with Crippen LogP contribution in [0.25, 0.3) is 0 Å². The minimum absolute atomic E-state index is 0.0851. The van der Waals surface area contributed by atoms with Gasteiger partial charge in [0, 0.05) is 11.3 Å². The highest BCUT2D eigenvalue weighted by atomic mass is 32.2. The first kappa shape index (κ1) is 14.4. The second-order valence-corrected chi connectivity index (χ2v) is 5.82. The largest absolute Gasteiger partial charge is 0.322 e. The van der Waals surface area contributed by atoms with E-state index in [1.165, 1.54) is 7.05 Å². The van der Waals surface area contributed by atoms with Gasteiger partial charge in [-0.15, -0.1) is 0 Å². The summed E-state index contributed by atoms with van der Waals surface area (Å²) < 4.78 is 24.9. The van der Waals surface area contributed by atoms with Gasteiger partial charge >= 0.3 is 0 Å². The van der Waals surface area contributed by atoms with E-state index in [9.17, 15) is 13.2 Å². The minimum atomic E-state index is -3.27. The molecule has 0 spiro atoms. The zero-order valence-corrected chi connectivity index (χ0v) is 11.2. The van der Waals surface area contributed by atoms with Crippen molar-refractivity contribution in [1.82, 2.24) is 4.72 Å². The van der Waals surface area contributed by atoms with Crippen molar-refractivity contribution in [3.8, 4) is 0 Å². The minimum Gasteiger partial charge on any atom is -0.322 e. The molecule has 1 aromatic carbocycles. The summed E-state index contributed by atoms with van der Waals surface area (Å²) in [6.07, 6.45) is 0. The molecule has 0 aliphatic carbocycles. The molecule has 0 unspecified atom stereocenters. The van der Waals surface area contributed by atoms with E-state index in [4.69, 9.17) is 0 Å². The number of hydrogen-bond donors (Lipinski definition) is 2. The molecule has 0 heterocycles. The van der Waals surface area contributed by atoms with E-state index in [2.05, 4.69) is 16.6 Å². The second-order valence-electron chi connectivity index (χ2n) is 3.89. The topological polar surface area (TPSA) is 75.3 Å². The highest BCUT2D eigenvalue weighted by Crippen LogP contribution is 2.12. The van der Waals surface area contributed by atoms with Gasteiger partial charge in [0.2, 0.25) is 10.0 Å². The average molecular weight is 268 g/mol. The van der Waals surface area contributed by atoms with Crippen LogP contribution in [0.2, 0.25) is 0 Å². The lowest BCUT2D eigenvalue weighted by molar-refractivity contribution is -0.112. The molecule has 1 rings (SSSR count). The van der Waals surface area contributed by atoms with Gasteiger partial charge in [-0.05, 0) is 31.7 Å². The van der Waals surface area contributed by atoms with Gasteiger partial charge in [-0.1, -0.05) is 18.7 Å². The maximum absolute atomic E-state index is 11.4. The fourth-order valence-corrected chi connectivity index (χ4v) is 1.99. The Morgan fingerprint density at radius 3 is 2.28 bits per heavy atom. The van der Waals surface area contributed by atoms with Crippen LogP contribution in [-0.4, -0.2) is 21.4 Å². The molecule has 1 amide bonds. The van der Waals surface area contributed by atoms with Gasteiger partial charge in [0.25, 0.3) is 5.91 Å². The van der Waals surface area contributed by atoms with Crippen molar-refractivity contribution in [3.05, 3.63) is 42.0 Å². The molecule has 18 heavy (non-hydrogen) atoms. The number of carbonyl (C=O) groups is 1. The molecule has 0 aliphatic heterocycles. The Hall–Kier alpha value is -1.66. The lowest BCUT2D eigenvalue weighted by Gasteiger charge is -2.06. The van der Waals surface area contributed by atoms with Crippen LogP contribution in [0, 0.1) is 0 Å². The summed E-state index contributed by atoms with van der Waals surface area (Å²) in [4.78, 5) is 11.4. The van der Waals surface area contributed by atoms with Crippen molar-refractivity contribution < 1.29 is 13.2 Å². The van der Waals surface area contributed by atoms with E-state index in [0.717, 1.165) is 0 Å². The van der Waals surface area contributed by atoms with E-state index < -0.39 is 10.0 Å². The number of sulfonamides is 1. The Labute approximate surface area is 107 Å². The maximum Gasteiger partial charge on any atom is 0.250 e. The van der Waals surface area contributed by atoms with E-state index in [-0.39, 0.29) is 11.7 Å². The Balaban J connectivity index is 2.75. The van der Waals surface area contributed by atoms with Crippen LogP contribution in [0.1, 0.15) is 12.5 Å². The summed E-state index contributed by atoms with van der Waals surface area (Å²) in [7, 11) is -1.90. The van der Waals surface area contributed by atoms with Crippen LogP contribution in [0.3, 0.4) is 0 Å². The van der Waals surface area contributed by atoms with Crippen LogP contribution in [0.4, 0.5) is 5.69 Å². The quantitative estimate of drug-likeness (QED) is 0.789. The van der Waals surface area contributed by atoms with Gasteiger partial charge in [-0.25, -0.2) is 13.1 Å². The van der Waals surface area contributed by atoms with Gasteiger partial charge in [0.05, 0.1) is 5.75 Å². The molecule has 6 heteroatoms. The Morgan fingerprint density at radius 2 is 1.83 bits per heavy atom. The van der Waals surface area contributed by atoms with Crippen LogP contribution >= 0.6 is 0 Å². The molecule has 0 saturated heterocycles. The molecule has 0 atom stereocenters. The van der Waals surface area contributed by atoms with Crippen LogP contribution in [0.15, 0.2) is 36.4 Å². The van der Waals surface area contributed by atoms with E-state index >= 15 is 0 Å². The SMILES string of the molecule is C=C(C)C(=O)Nc1ccc(CS(=O)(=O)NC)cc1. The van der Waals surface area contributed by atoms with Gasteiger partial charge in [-0.2, -0.15) is 0 Å². The van der Waals surface area contributed by atoms with Crippen molar-refractivity contribution in [2.45, 2.75) is 12.7 Å². The summed E-state index contributed by atoms with van der Waals surface area (Å²) >= 11 is 0. The summed E-state index contributed by atoms with van der Waals surface area (Å²) in [5.41, 5.74) is 1.67. The number of amides is 1. The van der Waals surface area contributed by atoms with E-state index in [1.54, 1.807) is 31.2 Å². The van der Waals surface area contributed by atoms with Crippen molar-refractivity contribution in [2.24, 2.45) is 0 Å². The highest BCUT2D eigenvalue weighted by Gasteiger charge is 2.08.